The van der Waals surface area contributed by atoms with E-state index in [9.17, 15) is 4.79 Å². The second-order valence-corrected chi connectivity index (χ2v) is 4.28. The number of hydrogen-bond acceptors (Lipinski definition) is 1. The van der Waals surface area contributed by atoms with E-state index in [1.54, 1.807) is 0 Å². The number of hydrogen-bond donors (Lipinski definition) is 0. The molecule has 1 amide bonds. The van der Waals surface area contributed by atoms with E-state index in [1.165, 1.54) is 0 Å². The minimum atomic E-state index is 0.297. The Morgan fingerprint density at radius 2 is 1.77 bits per heavy atom. The van der Waals surface area contributed by atoms with E-state index in [0.29, 0.717) is 24.3 Å². The minimum Gasteiger partial charge on any atom is -0.340 e. The first-order valence-corrected chi connectivity index (χ1v) is 5.28. The lowest BCUT2D eigenvalue weighted by Gasteiger charge is -2.28. The first kappa shape index (κ1) is 12.5. The van der Waals surface area contributed by atoms with Gasteiger partial charge in [0.15, 0.2) is 0 Å². The number of rotatable bonds is 5. The van der Waals surface area contributed by atoms with Crippen LogP contribution in [0.4, 0.5) is 0 Å². The number of nitrogens with zero attached hydrogens (tertiary/aromatic N) is 1. The summed E-state index contributed by atoms with van der Waals surface area (Å²) in [5.41, 5.74) is 0. The molecule has 0 heterocycles. The first-order valence-electron chi connectivity index (χ1n) is 5.28. The van der Waals surface area contributed by atoms with Crippen molar-refractivity contribution in [2.24, 2.45) is 5.92 Å². The summed E-state index contributed by atoms with van der Waals surface area (Å²) in [7, 11) is 0. The molecular weight excluding hydrogens is 162 g/mol. The molecule has 0 aliphatic rings. The first-order chi connectivity index (χ1) is 5.99. The summed E-state index contributed by atoms with van der Waals surface area (Å²) in [5, 5.41) is 0. The Bertz CT molecular complexity index is 152. The molecule has 0 aromatic heterocycles. The summed E-state index contributed by atoms with van der Waals surface area (Å²) in [6, 6.07) is 0.335. The molecule has 0 aromatic carbocycles. The van der Waals surface area contributed by atoms with Gasteiger partial charge in [-0.05, 0) is 26.2 Å². The topological polar surface area (TPSA) is 20.3 Å². The predicted octanol–water partition coefficient (Wildman–Crippen LogP) is 2.68. The average molecular weight is 185 g/mol. The summed E-state index contributed by atoms with van der Waals surface area (Å²) in [6.45, 7) is 11.4. The van der Waals surface area contributed by atoms with Crippen LogP contribution in [-0.2, 0) is 4.79 Å². The van der Waals surface area contributed by atoms with Crippen LogP contribution in [0, 0.1) is 5.92 Å². The van der Waals surface area contributed by atoms with Crippen molar-refractivity contribution in [1.82, 2.24) is 4.90 Å². The molecule has 2 heteroatoms. The molecule has 13 heavy (non-hydrogen) atoms. The minimum absolute atomic E-state index is 0.297. The van der Waals surface area contributed by atoms with E-state index in [4.69, 9.17) is 0 Å². The van der Waals surface area contributed by atoms with Crippen molar-refractivity contribution < 1.29 is 4.79 Å². The Hall–Kier alpha value is -0.530. The Morgan fingerprint density at radius 3 is 2.08 bits per heavy atom. The molecule has 0 aliphatic heterocycles. The van der Waals surface area contributed by atoms with Crippen molar-refractivity contribution in [3.05, 3.63) is 0 Å². The van der Waals surface area contributed by atoms with E-state index in [0.717, 1.165) is 13.0 Å². The van der Waals surface area contributed by atoms with Gasteiger partial charge in [0.05, 0.1) is 0 Å². The summed E-state index contributed by atoms with van der Waals surface area (Å²) in [6.07, 6.45) is 1.63. The van der Waals surface area contributed by atoms with Crippen LogP contribution in [0.2, 0.25) is 0 Å². The van der Waals surface area contributed by atoms with Crippen molar-refractivity contribution >= 4 is 5.91 Å². The fraction of sp³-hybridized carbons (Fsp3) is 0.909. The molecule has 0 aromatic rings. The van der Waals surface area contributed by atoms with Gasteiger partial charge in [-0.2, -0.15) is 0 Å². The van der Waals surface area contributed by atoms with Gasteiger partial charge in [-0.1, -0.05) is 20.8 Å². The highest BCUT2D eigenvalue weighted by molar-refractivity contribution is 5.76. The fourth-order valence-electron chi connectivity index (χ4n) is 1.35. The van der Waals surface area contributed by atoms with Crippen LogP contribution in [0.25, 0.3) is 0 Å². The van der Waals surface area contributed by atoms with Crippen molar-refractivity contribution in [2.75, 3.05) is 6.54 Å². The lowest BCUT2D eigenvalue weighted by Crippen LogP contribution is -2.39. The summed E-state index contributed by atoms with van der Waals surface area (Å²) in [5.74, 6) is 0.856. The van der Waals surface area contributed by atoms with Crippen molar-refractivity contribution in [3.8, 4) is 0 Å². The molecular formula is C11H23NO. The summed E-state index contributed by atoms with van der Waals surface area (Å²) in [4.78, 5) is 13.6. The maximum atomic E-state index is 11.6. The van der Waals surface area contributed by atoms with Gasteiger partial charge in [0, 0.05) is 19.0 Å². The Labute approximate surface area is 82.3 Å². The molecule has 0 atom stereocenters. The maximum absolute atomic E-state index is 11.6. The predicted molar refractivity (Wildman–Crippen MR) is 56.6 cm³/mol. The molecule has 0 unspecified atom stereocenters. The second kappa shape index (κ2) is 6.01. The highest BCUT2D eigenvalue weighted by atomic mass is 16.2. The third-order valence-corrected chi connectivity index (χ3v) is 1.97. The van der Waals surface area contributed by atoms with E-state index < -0.39 is 0 Å². The quantitative estimate of drug-likeness (QED) is 0.645. The van der Waals surface area contributed by atoms with Gasteiger partial charge in [-0.15, -0.1) is 0 Å². The van der Waals surface area contributed by atoms with Gasteiger partial charge in [-0.3, -0.25) is 4.79 Å². The molecule has 0 N–H and O–H groups in total. The smallest absolute Gasteiger partial charge is 0.222 e. The van der Waals surface area contributed by atoms with E-state index in [2.05, 4.69) is 27.7 Å². The van der Waals surface area contributed by atoms with Crippen molar-refractivity contribution in [3.63, 3.8) is 0 Å². The van der Waals surface area contributed by atoms with Gasteiger partial charge < -0.3 is 4.90 Å². The van der Waals surface area contributed by atoms with Crippen LogP contribution in [-0.4, -0.2) is 23.4 Å². The zero-order valence-corrected chi connectivity index (χ0v) is 9.63. The molecule has 0 fully saturated rings. The van der Waals surface area contributed by atoms with Crippen molar-refractivity contribution in [1.29, 1.82) is 0 Å². The van der Waals surface area contributed by atoms with Crippen LogP contribution < -0.4 is 0 Å². The summed E-state index contributed by atoms with van der Waals surface area (Å²) >= 11 is 0. The van der Waals surface area contributed by atoms with E-state index in [1.807, 2.05) is 11.8 Å². The van der Waals surface area contributed by atoms with Gasteiger partial charge in [0.25, 0.3) is 0 Å². The third-order valence-electron chi connectivity index (χ3n) is 1.97. The van der Waals surface area contributed by atoms with Gasteiger partial charge in [0.2, 0.25) is 5.91 Å². The highest BCUT2D eigenvalue weighted by Gasteiger charge is 2.16. The molecule has 0 saturated heterocycles. The van der Waals surface area contributed by atoms with Gasteiger partial charge in [0.1, 0.15) is 0 Å². The van der Waals surface area contributed by atoms with E-state index >= 15 is 0 Å². The normalized spacial score (nSPS) is 11.0. The molecule has 0 bridgehead atoms. The summed E-state index contributed by atoms with van der Waals surface area (Å²) < 4.78 is 0. The van der Waals surface area contributed by atoms with Crippen LogP contribution in [0.15, 0.2) is 0 Å². The number of carbonyl (C=O) groups excluding carboxylic acids is 1. The molecule has 0 aliphatic carbocycles. The lowest BCUT2D eigenvalue weighted by molar-refractivity contribution is -0.133. The number of carbonyl (C=O) groups is 1. The van der Waals surface area contributed by atoms with Crippen molar-refractivity contribution in [2.45, 2.75) is 53.5 Å². The van der Waals surface area contributed by atoms with Crippen LogP contribution in [0.5, 0.6) is 0 Å². The monoisotopic (exact) mass is 185 g/mol. The van der Waals surface area contributed by atoms with Crippen LogP contribution in [0.3, 0.4) is 0 Å². The average Bonchev–Trinajstić information content (AvgIpc) is 1.99. The standard InChI is InChI=1S/C11H23NO/c1-6-7-11(13)12(10(4)5)8-9(2)3/h9-10H,6-8H2,1-5H3. The Balaban J connectivity index is 4.15. The molecule has 0 spiro atoms. The Morgan fingerprint density at radius 1 is 1.23 bits per heavy atom. The molecule has 2 nitrogen and oxygen atoms in total. The zero-order valence-electron chi connectivity index (χ0n) is 9.63. The third kappa shape index (κ3) is 4.91. The molecule has 0 radical (unpaired) electrons. The highest BCUT2D eigenvalue weighted by Crippen LogP contribution is 2.07. The largest absolute Gasteiger partial charge is 0.340 e. The van der Waals surface area contributed by atoms with Crippen LogP contribution in [0.1, 0.15) is 47.5 Å². The fourth-order valence-corrected chi connectivity index (χ4v) is 1.35. The van der Waals surface area contributed by atoms with Crippen LogP contribution >= 0.6 is 0 Å². The molecule has 0 saturated carbocycles. The SMILES string of the molecule is CCCC(=O)N(CC(C)C)C(C)C. The van der Waals surface area contributed by atoms with Gasteiger partial charge >= 0.3 is 0 Å². The van der Waals surface area contributed by atoms with Gasteiger partial charge in [-0.25, -0.2) is 0 Å². The Kier molecular flexibility index (Phi) is 5.76. The van der Waals surface area contributed by atoms with E-state index in [-0.39, 0.29) is 0 Å². The maximum Gasteiger partial charge on any atom is 0.222 e. The zero-order chi connectivity index (χ0) is 10.4. The molecule has 0 rings (SSSR count). The second-order valence-electron chi connectivity index (χ2n) is 4.28. The lowest BCUT2D eigenvalue weighted by atomic mass is 10.1. The number of amides is 1. The molecule has 78 valence electrons.